The Labute approximate surface area is 235 Å². The molecule has 3 aromatic rings. The summed E-state index contributed by atoms with van der Waals surface area (Å²) in [5.74, 6) is -0.458. The van der Waals surface area contributed by atoms with E-state index in [0.717, 1.165) is 22.3 Å². The predicted molar refractivity (Wildman–Crippen MR) is 154 cm³/mol. The highest BCUT2D eigenvalue weighted by molar-refractivity contribution is 5.98. The molecule has 8 heteroatoms. The van der Waals surface area contributed by atoms with E-state index in [9.17, 15) is 14.4 Å². The standard InChI is InChI=1S/C32H35N3O5/c1-4-39-29(37)18-15-23-9-8-12-27(19-23)33-31(38)30(22(2)3)25-16-13-24(14-17-25)20-35-28(36)21-40-32(34-35)26-10-6-5-7-11-26/h5-14,16-17,19,22,30H,4,15,18,20-21H2,1-3H3,(H,33,38). The number of rotatable bonds is 11. The zero-order chi connectivity index (χ0) is 28.5. The zero-order valence-corrected chi connectivity index (χ0v) is 23.1. The Balaban J connectivity index is 1.42. The number of benzene rings is 3. The summed E-state index contributed by atoms with van der Waals surface area (Å²) in [6.07, 6.45) is 0.835. The number of nitrogens with one attached hydrogen (secondary N) is 1. The predicted octanol–water partition coefficient (Wildman–Crippen LogP) is 5.28. The van der Waals surface area contributed by atoms with E-state index >= 15 is 0 Å². The van der Waals surface area contributed by atoms with Crippen LogP contribution in [0.2, 0.25) is 0 Å². The van der Waals surface area contributed by atoms with Gasteiger partial charge in [0.2, 0.25) is 11.8 Å². The zero-order valence-electron chi connectivity index (χ0n) is 23.1. The van der Waals surface area contributed by atoms with Crippen LogP contribution < -0.4 is 5.32 Å². The topological polar surface area (TPSA) is 97.3 Å². The second-order valence-corrected chi connectivity index (χ2v) is 9.97. The summed E-state index contributed by atoms with van der Waals surface area (Å²) in [6, 6.07) is 24.7. The lowest BCUT2D eigenvalue weighted by atomic mass is 9.87. The number of ether oxygens (including phenoxy) is 2. The van der Waals surface area contributed by atoms with Crippen LogP contribution in [0.5, 0.6) is 0 Å². The van der Waals surface area contributed by atoms with Crippen LogP contribution in [-0.4, -0.2) is 41.9 Å². The van der Waals surface area contributed by atoms with E-state index in [1.165, 1.54) is 5.01 Å². The van der Waals surface area contributed by atoms with Crippen molar-refractivity contribution in [1.82, 2.24) is 5.01 Å². The third kappa shape index (κ3) is 7.56. The minimum absolute atomic E-state index is 0.0525. The molecular weight excluding hydrogens is 506 g/mol. The van der Waals surface area contributed by atoms with Crippen LogP contribution in [0.4, 0.5) is 5.69 Å². The van der Waals surface area contributed by atoms with Gasteiger partial charge in [-0.1, -0.05) is 68.4 Å². The maximum absolute atomic E-state index is 13.4. The summed E-state index contributed by atoms with van der Waals surface area (Å²) in [6.45, 7) is 6.41. The summed E-state index contributed by atoms with van der Waals surface area (Å²) in [4.78, 5) is 37.5. The summed E-state index contributed by atoms with van der Waals surface area (Å²) in [5, 5.41) is 8.88. The number of aryl methyl sites for hydroxylation is 1. The molecule has 1 unspecified atom stereocenters. The van der Waals surface area contributed by atoms with Gasteiger partial charge >= 0.3 is 5.97 Å². The normalized spacial score (nSPS) is 13.8. The number of hydrogen-bond acceptors (Lipinski definition) is 6. The van der Waals surface area contributed by atoms with Gasteiger partial charge in [0.15, 0.2) is 6.61 Å². The first-order chi connectivity index (χ1) is 19.3. The molecule has 1 aliphatic rings. The van der Waals surface area contributed by atoms with Crippen molar-refractivity contribution in [3.63, 3.8) is 0 Å². The molecule has 1 atom stereocenters. The van der Waals surface area contributed by atoms with Gasteiger partial charge in [-0.3, -0.25) is 14.4 Å². The molecule has 0 aliphatic carbocycles. The van der Waals surface area contributed by atoms with Crippen molar-refractivity contribution in [1.29, 1.82) is 0 Å². The molecule has 3 aromatic carbocycles. The van der Waals surface area contributed by atoms with Gasteiger partial charge in [-0.2, -0.15) is 0 Å². The molecule has 1 aliphatic heterocycles. The Morgan fingerprint density at radius 3 is 2.45 bits per heavy atom. The molecule has 0 fully saturated rings. The first-order valence-corrected chi connectivity index (χ1v) is 13.6. The lowest BCUT2D eigenvalue weighted by Gasteiger charge is -2.24. The maximum atomic E-state index is 13.4. The fourth-order valence-corrected chi connectivity index (χ4v) is 4.59. The Hall–Kier alpha value is -4.46. The van der Waals surface area contributed by atoms with E-state index < -0.39 is 0 Å². The second-order valence-electron chi connectivity index (χ2n) is 9.97. The van der Waals surface area contributed by atoms with Crippen molar-refractivity contribution < 1.29 is 23.9 Å². The molecule has 208 valence electrons. The number of hydrogen-bond donors (Lipinski definition) is 1. The number of nitrogens with zero attached hydrogens (tertiary/aromatic N) is 2. The first kappa shape index (κ1) is 28.5. The summed E-state index contributed by atoms with van der Waals surface area (Å²) in [5.41, 5.74) is 4.23. The van der Waals surface area contributed by atoms with E-state index in [1.807, 2.05) is 92.7 Å². The van der Waals surface area contributed by atoms with Gasteiger partial charge in [-0.25, -0.2) is 5.01 Å². The van der Waals surface area contributed by atoms with Crippen LogP contribution in [-0.2, 0) is 36.8 Å². The fraction of sp³-hybridized carbons (Fsp3) is 0.312. The van der Waals surface area contributed by atoms with Crippen molar-refractivity contribution in [3.05, 3.63) is 101 Å². The molecule has 0 saturated heterocycles. The van der Waals surface area contributed by atoms with Crippen molar-refractivity contribution in [3.8, 4) is 0 Å². The molecular formula is C32H35N3O5. The van der Waals surface area contributed by atoms with Crippen molar-refractivity contribution in [2.24, 2.45) is 11.0 Å². The van der Waals surface area contributed by atoms with Gasteiger partial charge in [-0.15, -0.1) is 5.10 Å². The lowest BCUT2D eigenvalue weighted by molar-refractivity contribution is -0.143. The van der Waals surface area contributed by atoms with Gasteiger partial charge in [0.1, 0.15) is 0 Å². The molecule has 1 heterocycles. The molecule has 0 bridgehead atoms. The van der Waals surface area contributed by atoms with Crippen LogP contribution in [0.25, 0.3) is 0 Å². The van der Waals surface area contributed by atoms with E-state index in [2.05, 4.69) is 10.4 Å². The van der Waals surface area contributed by atoms with E-state index in [-0.39, 0.29) is 36.2 Å². The highest BCUT2D eigenvalue weighted by Crippen LogP contribution is 2.27. The maximum Gasteiger partial charge on any atom is 0.306 e. The summed E-state index contributed by atoms with van der Waals surface area (Å²) >= 11 is 0. The second kappa shape index (κ2) is 13.6. The van der Waals surface area contributed by atoms with Crippen LogP contribution >= 0.6 is 0 Å². The lowest BCUT2D eigenvalue weighted by Crippen LogP contribution is -2.36. The minimum atomic E-state index is -0.370. The van der Waals surface area contributed by atoms with Crippen molar-refractivity contribution in [2.45, 2.75) is 46.1 Å². The average molecular weight is 542 g/mol. The Bertz CT molecular complexity index is 1350. The average Bonchev–Trinajstić information content (AvgIpc) is 2.95. The first-order valence-electron chi connectivity index (χ1n) is 13.6. The quantitative estimate of drug-likeness (QED) is 0.333. The van der Waals surface area contributed by atoms with E-state index in [0.29, 0.717) is 37.6 Å². The number of carbonyl (C=O) groups is 3. The van der Waals surface area contributed by atoms with E-state index in [4.69, 9.17) is 9.47 Å². The van der Waals surface area contributed by atoms with Gasteiger partial charge in [0.25, 0.3) is 5.91 Å². The Morgan fingerprint density at radius 2 is 1.75 bits per heavy atom. The van der Waals surface area contributed by atoms with Crippen molar-refractivity contribution >= 4 is 29.4 Å². The molecule has 0 aromatic heterocycles. The van der Waals surface area contributed by atoms with Gasteiger partial charge in [0.05, 0.1) is 19.1 Å². The largest absolute Gasteiger partial charge is 0.466 e. The third-order valence-electron chi connectivity index (χ3n) is 6.59. The number of carbonyl (C=O) groups excluding carboxylic acids is 3. The SMILES string of the molecule is CCOC(=O)CCc1cccc(NC(=O)C(c2ccc(CN3N=C(c4ccccc4)OCC3=O)cc2)C(C)C)c1. The fourth-order valence-electron chi connectivity index (χ4n) is 4.59. The molecule has 8 nitrogen and oxygen atoms in total. The van der Waals surface area contributed by atoms with Crippen LogP contribution in [0.1, 0.15) is 55.4 Å². The number of anilines is 1. The smallest absolute Gasteiger partial charge is 0.306 e. The molecule has 0 saturated carbocycles. The van der Waals surface area contributed by atoms with Gasteiger partial charge in [0, 0.05) is 17.7 Å². The molecule has 0 spiro atoms. The number of esters is 1. The van der Waals surface area contributed by atoms with Crippen LogP contribution in [0.3, 0.4) is 0 Å². The van der Waals surface area contributed by atoms with Crippen LogP contribution in [0, 0.1) is 5.92 Å². The Morgan fingerprint density at radius 1 is 1.00 bits per heavy atom. The summed E-state index contributed by atoms with van der Waals surface area (Å²) in [7, 11) is 0. The number of hydrazone groups is 1. The molecule has 1 N–H and O–H groups in total. The highest BCUT2D eigenvalue weighted by Gasteiger charge is 2.26. The monoisotopic (exact) mass is 541 g/mol. The van der Waals surface area contributed by atoms with Gasteiger partial charge in [-0.05, 0) is 60.2 Å². The highest BCUT2D eigenvalue weighted by atomic mass is 16.5. The molecule has 4 rings (SSSR count). The van der Waals surface area contributed by atoms with Crippen LogP contribution in [0.15, 0.2) is 84.0 Å². The molecule has 0 radical (unpaired) electrons. The van der Waals surface area contributed by atoms with Crippen molar-refractivity contribution in [2.75, 3.05) is 18.5 Å². The third-order valence-corrected chi connectivity index (χ3v) is 6.59. The number of amides is 2. The molecule has 2 amide bonds. The Kier molecular flexibility index (Phi) is 9.67. The minimum Gasteiger partial charge on any atom is -0.466 e. The van der Waals surface area contributed by atoms with Gasteiger partial charge < -0.3 is 14.8 Å². The van der Waals surface area contributed by atoms with E-state index in [1.54, 1.807) is 6.92 Å². The molecule has 40 heavy (non-hydrogen) atoms. The summed E-state index contributed by atoms with van der Waals surface area (Å²) < 4.78 is 10.5.